The van der Waals surface area contributed by atoms with Gasteiger partial charge in [-0.25, -0.2) is 0 Å². The van der Waals surface area contributed by atoms with Crippen LogP contribution < -0.4 is 4.90 Å². The van der Waals surface area contributed by atoms with Gasteiger partial charge in [0.15, 0.2) is 0 Å². The molecule has 0 fully saturated rings. The van der Waals surface area contributed by atoms with Gasteiger partial charge in [0.1, 0.15) is 0 Å². The zero-order chi connectivity index (χ0) is 8.72. The molecule has 1 aromatic carbocycles. The first-order chi connectivity index (χ1) is 5.68. The summed E-state index contributed by atoms with van der Waals surface area (Å²) in [6.45, 7) is 0. The minimum atomic E-state index is 0.368. The predicted octanol–water partition coefficient (Wildman–Crippen LogP) is 1.99. The van der Waals surface area contributed by atoms with Gasteiger partial charge in [-0.1, -0.05) is 0 Å². The Morgan fingerprint density at radius 3 is 2.75 bits per heavy atom. The maximum atomic E-state index is 10.9. The Labute approximate surface area is 83.9 Å². The largest absolute Gasteiger partial charge is 0.359 e. The molecule has 0 unspecified atom stereocenters. The van der Waals surface area contributed by atoms with Crippen LogP contribution in [0.5, 0.6) is 0 Å². The van der Waals surface area contributed by atoms with Crippen molar-refractivity contribution < 1.29 is 9.53 Å². The summed E-state index contributed by atoms with van der Waals surface area (Å²) < 4.78 is 6.03. The third kappa shape index (κ3) is 1.11. The molecule has 12 heavy (non-hydrogen) atoms. The Morgan fingerprint density at radius 1 is 1.33 bits per heavy atom. The van der Waals surface area contributed by atoms with E-state index in [2.05, 4.69) is 41.6 Å². The average Bonchev–Trinajstić information content (AvgIpc) is 2.35. The summed E-state index contributed by atoms with van der Waals surface area (Å²) in [5.41, 5.74) is 0.935. The number of fused-ring (bicyclic) bond motifs is 1. The quantitative estimate of drug-likeness (QED) is 0.698. The average molecular weight is 294 g/mol. The zero-order valence-corrected chi connectivity index (χ0v) is 8.79. The number of rotatable bonds is 0. The molecule has 0 saturated carbocycles. The Balaban J connectivity index is 2.87. The molecule has 0 atom stereocenters. The van der Waals surface area contributed by atoms with E-state index in [9.17, 15) is 5.21 Å². The number of aromatic nitrogens is 2. The predicted molar refractivity (Wildman–Crippen MR) is 48.4 cm³/mol. The van der Waals surface area contributed by atoms with Crippen LogP contribution in [-0.2, 0) is 0 Å². The number of hydrogen-bond acceptors (Lipinski definition) is 3. The maximum absolute atomic E-state index is 10.9. The third-order valence-corrected chi connectivity index (χ3v) is 3.27. The zero-order valence-electron chi connectivity index (χ0n) is 5.62. The fourth-order valence-electron chi connectivity index (χ4n) is 0.870. The van der Waals surface area contributed by atoms with Gasteiger partial charge in [-0.05, 0) is 36.8 Å². The van der Waals surface area contributed by atoms with E-state index in [0.717, 1.165) is 8.95 Å². The molecule has 0 radical (unpaired) electrons. The smallest absolute Gasteiger partial charge is 0.249 e. The van der Waals surface area contributed by atoms with Crippen LogP contribution in [0.25, 0.3) is 11.0 Å². The second kappa shape index (κ2) is 2.70. The van der Waals surface area contributed by atoms with E-state index in [4.69, 9.17) is 0 Å². The summed E-state index contributed by atoms with van der Waals surface area (Å²) in [4.78, 5) is 0.368. The molecule has 0 bridgehead atoms. The summed E-state index contributed by atoms with van der Waals surface area (Å²) in [7, 11) is 0. The lowest BCUT2D eigenvalue weighted by Gasteiger charge is -1.91. The maximum Gasteiger partial charge on any atom is 0.249 e. The van der Waals surface area contributed by atoms with E-state index in [1.165, 1.54) is 0 Å². The van der Waals surface area contributed by atoms with Crippen molar-refractivity contribution in [1.29, 1.82) is 0 Å². The molecule has 1 aromatic heterocycles. The Morgan fingerprint density at radius 2 is 2.00 bits per heavy atom. The van der Waals surface area contributed by atoms with E-state index in [1.54, 1.807) is 12.1 Å². The van der Waals surface area contributed by atoms with E-state index in [-0.39, 0.29) is 0 Å². The number of hydrogen-bond donors (Lipinski definition) is 0. The molecule has 0 spiro atoms. The fraction of sp³-hybridized carbons (Fsp3) is 0. The highest BCUT2D eigenvalue weighted by Gasteiger charge is 2.11. The van der Waals surface area contributed by atoms with Crippen LogP contribution >= 0.6 is 31.9 Å². The number of benzene rings is 1. The van der Waals surface area contributed by atoms with E-state index in [1.807, 2.05) is 0 Å². The molecule has 62 valence electrons. The van der Waals surface area contributed by atoms with Crippen LogP contribution in [0.3, 0.4) is 0 Å². The van der Waals surface area contributed by atoms with Gasteiger partial charge in [0.2, 0.25) is 11.0 Å². The van der Waals surface area contributed by atoms with Crippen molar-refractivity contribution in [2.75, 3.05) is 0 Å². The molecule has 0 aliphatic carbocycles. The van der Waals surface area contributed by atoms with Crippen molar-refractivity contribution in [1.82, 2.24) is 5.16 Å². The van der Waals surface area contributed by atoms with Gasteiger partial charge in [-0.2, -0.15) is 0 Å². The van der Waals surface area contributed by atoms with Crippen LogP contribution in [0.4, 0.5) is 0 Å². The minimum absolute atomic E-state index is 0.368. The summed E-state index contributed by atoms with van der Waals surface area (Å²) in [5, 5.41) is 14.4. The topological polar surface area (TPSA) is 53.0 Å². The molecular formula is C6H2Br2N2O2. The second-order valence-corrected chi connectivity index (χ2v) is 3.89. The van der Waals surface area contributed by atoms with Gasteiger partial charge < -0.3 is 5.21 Å². The van der Waals surface area contributed by atoms with Crippen molar-refractivity contribution >= 4 is 42.9 Å². The highest BCUT2D eigenvalue weighted by atomic mass is 79.9. The molecular weight excluding hydrogens is 292 g/mol. The highest BCUT2D eigenvalue weighted by molar-refractivity contribution is 9.13. The Bertz CT molecular complexity index is 440. The summed E-state index contributed by atoms with van der Waals surface area (Å²) in [5.74, 6) is 0. The molecule has 1 heterocycles. The lowest BCUT2D eigenvalue weighted by Crippen LogP contribution is -2.22. The SMILES string of the molecule is [O-][n+]1onc2cc(Br)c(Br)cc21. The molecule has 6 heteroatoms. The Hall–Kier alpha value is -0.620. The molecule has 0 N–H and O–H groups in total. The second-order valence-electron chi connectivity index (χ2n) is 2.19. The molecule has 0 amide bonds. The fourth-order valence-corrected chi connectivity index (χ4v) is 1.53. The van der Waals surface area contributed by atoms with Crippen molar-refractivity contribution in [3.05, 3.63) is 26.3 Å². The van der Waals surface area contributed by atoms with Crippen LogP contribution in [0.1, 0.15) is 0 Å². The Kier molecular flexibility index (Phi) is 1.80. The van der Waals surface area contributed by atoms with Gasteiger partial charge in [-0.3, -0.25) is 4.63 Å². The summed E-state index contributed by atoms with van der Waals surface area (Å²) in [6.07, 6.45) is 0. The molecule has 2 aromatic rings. The first-order valence-corrected chi connectivity index (χ1v) is 4.61. The first-order valence-electron chi connectivity index (χ1n) is 3.03. The summed E-state index contributed by atoms with van der Waals surface area (Å²) in [6, 6.07) is 3.35. The van der Waals surface area contributed by atoms with Crippen molar-refractivity contribution in [3.63, 3.8) is 0 Å². The standard InChI is InChI=1S/C6H2Br2N2O2/c7-3-1-5-6(2-4(3)8)10(11)12-9-5/h1-2H. The number of nitrogens with zero attached hydrogens (tertiary/aromatic N) is 2. The van der Waals surface area contributed by atoms with E-state index in [0.29, 0.717) is 15.9 Å². The van der Waals surface area contributed by atoms with Gasteiger partial charge in [0.25, 0.3) is 0 Å². The third-order valence-electron chi connectivity index (χ3n) is 1.43. The molecule has 0 aliphatic rings. The van der Waals surface area contributed by atoms with Crippen LogP contribution in [0.2, 0.25) is 0 Å². The monoisotopic (exact) mass is 292 g/mol. The molecule has 0 aliphatic heterocycles. The first kappa shape index (κ1) is 8.00. The van der Waals surface area contributed by atoms with Gasteiger partial charge in [-0.15, -0.1) is 0 Å². The van der Waals surface area contributed by atoms with Gasteiger partial charge in [0, 0.05) is 26.2 Å². The highest BCUT2D eigenvalue weighted by Crippen LogP contribution is 2.26. The normalized spacial score (nSPS) is 10.8. The molecule has 0 saturated heterocycles. The lowest BCUT2D eigenvalue weighted by molar-refractivity contribution is -0.782. The minimum Gasteiger partial charge on any atom is -0.359 e. The van der Waals surface area contributed by atoms with Gasteiger partial charge >= 0.3 is 0 Å². The van der Waals surface area contributed by atoms with Crippen LogP contribution in [-0.4, -0.2) is 5.16 Å². The molecule has 4 nitrogen and oxygen atoms in total. The molecule has 2 rings (SSSR count). The summed E-state index contributed by atoms with van der Waals surface area (Å²) >= 11 is 6.55. The van der Waals surface area contributed by atoms with Crippen molar-refractivity contribution in [2.45, 2.75) is 0 Å². The van der Waals surface area contributed by atoms with Gasteiger partial charge in [0.05, 0.1) is 0 Å². The van der Waals surface area contributed by atoms with Crippen molar-refractivity contribution in [2.24, 2.45) is 0 Å². The number of halogens is 2. The van der Waals surface area contributed by atoms with E-state index < -0.39 is 0 Å². The van der Waals surface area contributed by atoms with E-state index >= 15 is 0 Å². The van der Waals surface area contributed by atoms with Crippen molar-refractivity contribution in [3.8, 4) is 0 Å². The lowest BCUT2D eigenvalue weighted by atomic mass is 10.3. The van der Waals surface area contributed by atoms with Crippen LogP contribution in [0, 0.1) is 5.21 Å². The van der Waals surface area contributed by atoms with Crippen LogP contribution in [0.15, 0.2) is 25.7 Å².